The van der Waals surface area contributed by atoms with Crippen molar-refractivity contribution in [1.29, 1.82) is 0 Å². The van der Waals surface area contributed by atoms with Gasteiger partial charge in [-0.05, 0) is 19.3 Å². The van der Waals surface area contributed by atoms with Gasteiger partial charge in [-0.3, -0.25) is 9.35 Å². The van der Waals surface area contributed by atoms with Crippen LogP contribution in [0.4, 0.5) is 17.6 Å². The first kappa shape index (κ1) is 22.8. The number of ether oxygens (including phenoxy) is 1. The van der Waals surface area contributed by atoms with Crippen LogP contribution < -0.4 is 0 Å². The third kappa shape index (κ3) is 4.90. The molecule has 0 aliphatic rings. The van der Waals surface area contributed by atoms with E-state index in [4.69, 9.17) is 9.66 Å². The monoisotopic (exact) mass is 380 g/mol. The van der Waals surface area contributed by atoms with Crippen LogP contribution >= 0.6 is 0 Å². The summed E-state index contributed by atoms with van der Waals surface area (Å²) < 4.78 is 86.0. The lowest BCUT2D eigenvalue weighted by Gasteiger charge is -2.29. The molecular weight excluding hydrogens is 360 g/mol. The average Bonchev–Trinajstić information content (AvgIpc) is 2.45. The van der Waals surface area contributed by atoms with E-state index in [1.165, 1.54) is 6.08 Å². The van der Waals surface area contributed by atoms with E-state index in [0.29, 0.717) is 0 Å². The Bertz CT molecular complexity index is 549. The lowest BCUT2D eigenvalue weighted by molar-refractivity contribution is -0.179. The zero-order valence-electron chi connectivity index (χ0n) is 13.0. The van der Waals surface area contributed by atoms with E-state index in [-0.39, 0.29) is 19.3 Å². The average molecular weight is 380 g/mol. The minimum Gasteiger partial charge on any atom is -0.465 e. The molecule has 2 N–H and O–H groups in total. The number of rotatable bonds is 11. The van der Waals surface area contributed by atoms with Crippen molar-refractivity contribution in [3.05, 3.63) is 12.7 Å². The van der Waals surface area contributed by atoms with Crippen molar-refractivity contribution in [1.82, 2.24) is 0 Å². The third-order valence-corrected chi connectivity index (χ3v) is 4.58. The molecule has 0 saturated heterocycles. The molecule has 0 bridgehead atoms. The van der Waals surface area contributed by atoms with E-state index < -0.39 is 52.3 Å². The molecule has 0 radical (unpaired) electrons. The lowest BCUT2D eigenvalue weighted by Crippen LogP contribution is -2.47. The minimum absolute atomic E-state index is 0.0497. The maximum atomic E-state index is 13.3. The van der Waals surface area contributed by atoms with Gasteiger partial charge in [-0.25, -0.2) is 0 Å². The van der Waals surface area contributed by atoms with Gasteiger partial charge in [0.15, 0.2) is 0 Å². The Balaban J connectivity index is 5.02. The van der Waals surface area contributed by atoms with Crippen LogP contribution in [-0.4, -0.2) is 48.4 Å². The first-order chi connectivity index (χ1) is 10.8. The van der Waals surface area contributed by atoms with E-state index in [0.717, 1.165) is 0 Å². The zero-order chi connectivity index (χ0) is 19.2. The van der Waals surface area contributed by atoms with Crippen molar-refractivity contribution in [2.24, 2.45) is 5.41 Å². The largest absolute Gasteiger partial charge is 0.465 e. The molecule has 1 atom stereocenters. The van der Waals surface area contributed by atoms with Gasteiger partial charge in [0.1, 0.15) is 0 Å². The molecule has 0 aliphatic heterocycles. The fourth-order valence-corrected chi connectivity index (χ4v) is 2.48. The van der Waals surface area contributed by atoms with Crippen molar-refractivity contribution in [2.75, 3.05) is 13.2 Å². The summed E-state index contributed by atoms with van der Waals surface area (Å²) in [6.07, 6.45) is -0.248. The quantitative estimate of drug-likeness (QED) is 0.247. The Kier molecular flexibility index (Phi) is 7.84. The summed E-state index contributed by atoms with van der Waals surface area (Å²) in [5.41, 5.74) is -1.24. The summed E-state index contributed by atoms with van der Waals surface area (Å²) in [6.45, 7) is 3.43. The number of aliphatic hydroxyl groups excluding tert-OH is 1. The highest BCUT2D eigenvalue weighted by atomic mass is 32.2. The molecule has 0 aromatic heterocycles. The van der Waals surface area contributed by atoms with Crippen LogP contribution in [0.1, 0.15) is 32.6 Å². The normalized spacial score (nSPS) is 15.6. The fourth-order valence-electron chi connectivity index (χ4n) is 2.00. The number of halogens is 4. The van der Waals surface area contributed by atoms with E-state index >= 15 is 0 Å². The molecule has 0 saturated carbocycles. The van der Waals surface area contributed by atoms with Crippen LogP contribution in [0.2, 0.25) is 0 Å². The molecule has 24 heavy (non-hydrogen) atoms. The van der Waals surface area contributed by atoms with Gasteiger partial charge in [0.25, 0.3) is 0 Å². The van der Waals surface area contributed by atoms with Crippen LogP contribution in [0, 0.1) is 5.41 Å². The Hall–Kier alpha value is -1.20. The molecule has 0 aromatic rings. The van der Waals surface area contributed by atoms with Crippen LogP contribution in [0.3, 0.4) is 0 Å². The van der Waals surface area contributed by atoms with Crippen LogP contribution in [0.15, 0.2) is 12.7 Å². The minimum atomic E-state index is -6.33. The number of hydrogen-bond donors (Lipinski definition) is 2. The topological polar surface area (TPSA) is 101 Å². The number of hydrogen-bond acceptors (Lipinski definition) is 5. The highest BCUT2D eigenvalue weighted by molar-refractivity contribution is 7.87. The maximum Gasteiger partial charge on any atom is 0.431 e. The van der Waals surface area contributed by atoms with Gasteiger partial charge in [0.05, 0.1) is 18.4 Å². The Morgan fingerprint density at radius 3 is 2.17 bits per heavy atom. The maximum absolute atomic E-state index is 13.3. The highest BCUT2D eigenvalue weighted by Crippen LogP contribution is 2.41. The first-order valence-corrected chi connectivity index (χ1v) is 8.37. The van der Waals surface area contributed by atoms with Gasteiger partial charge in [-0.2, -0.15) is 26.0 Å². The molecule has 0 heterocycles. The molecule has 0 spiro atoms. The summed E-state index contributed by atoms with van der Waals surface area (Å²) >= 11 is 0. The predicted octanol–water partition coefficient (Wildman–Crippen LogP) is 2.39. The van der Waals surface area contributed by atoms with Crippen LogP contribution in [0.5, 0.6) is 0 Å². The van der Waals surface area contributed by atoms with Crippen molar-refractivity contribution < 1.29 is 45.2 Å². The second-order valence-corrected chi connectivity index (χ2v) is 6.65. The Morgan fingerprint density at radius 1 is 1.25 bits per heavy atom. The van der Waals surface area contributed by atoms with Crippen LogP contribution in [0.25, 0.3) is 0 Å². The summed E-state index contributed by atoms with van der Waals surface area (Å²) in [6, 6.07) is 0. The summed E-state index contributed by atoms with van der Waals surface area (Å²) in [4.78, 5) is 12.0. The van der Waals surface area contributed by atoms with Gasteiger partial charge in [-0.1, -0.05) is 13.0 Å². The van der Waals surface area contributed by atoms with E-state index in [9.17, 15) is 30.8 Å². The van der Waals surface area contributed by atoms with Gasteiger partial charge in [-0.15, -0.1) is 6.58 Å². The van der Waals surface area contributed by atoms with Gasteiger partial charge in [0, 0.05) is 6.61 Å². The van der Waals surface area contributed by atoms with Gasteiger partial charge >= 0.3 is 27.3 Å². The number of aliphatic hydroxyl groups is 1. The Morgan fingerprint density at radius 2 is 1.79 bits per heavy atom. The van der Waals surface area contributed by atoms with Crippen molar-refractivity contribution in [3.63, 3.8) is 0 Å². The second kappa shape index (κ2) is 8.26. The first-order valence-electron chi connectivity index (χ1n) is 6.93. The fraction of sp³-hybridized carbons (Fsp3) is 0.769. The Labute approximate surface area is 137 Å². The molecular formula is C13H20F4O6S. The van der Waals surface area contributed by atoms with Crippen molar-refractivity contribution in [2.45, 2.75) is 43.8 Å². The molecule has 0 fully saturated rings. The summed E-state index contributed by atoms with van der Waals surface area (Å²) in [5, 5.41) is 3.30. The molecule has 0 aliphatic carbocycles. The van der Waals surface area contributed by atoms with Crippen molar-refractivity contribution in [3.8, 4) is 0 Å². The molecule has 11 heteroatoms. The SMILES string of the molecule is C=CCC(CC)(CCO)C(=O)OCCC(F)(F)C(F)(F)S(=O)(=O)O. The van der Waals surface area contributed by atoms with E-state index in [1.54, 1.807) is 6.92 Å². The molecule has 142 valence electrons. The van der Waals surface area contributed by atoms with Gasteiger partial charge in [0.2, 0.25) is 0 Å². The number of esters is 1. The number of allylic oxidation sites excluding steroid dienone is 1. The molecule has 0 aromatic carbocycles. The molecule has 6 nitrogen and oxygen atoms in total. The molecule has 1 unspecified atom stereocenters. The summed E-state index contributed by atoms with van der Waals surface area (Å²) in [7, 11) is -6.33. The van der Waals surface area contributed by atoms with Crippen LogP contribution in [-0.2, 0) is 19.6 Å². The van der Waals surface area contributed by atoms with Crippen molar-refractivity contribution >= 4 is 16.1 Å². The molecule has 0 rings (SSSR count). The van der Waals surface area contributed by atoms with E-state index in [2.05, 4.69) is 11.3 Å². The standard InChI is InChI=1S/C13H20F4O6S/c1-3-5-11(4-2,6-8-18)10(19)23-9-7-12(14,15)13(16,17)24(20,21)22/h3,18H,1,4-9H2,2H3,(H,20,21,22). The molecule has 0 amide bonds. The second-order valence-electron chi connectivity index (χ2n) is 5.18. The van der Waals surface area contributed by atoms with E-state index in [1.807, 2.05) is 0 Å². The third-order valence-electron chi connectivity index (χ3n) is 3.63. The smallest absolute Gasteiger partial charge is 0.431 e. The number of carbonyl (C=O) groups excluding carboxylic acids is 1. The summed E-state index contributed by atoms with van der Waals surface area (Å²) in [5.74, 6) is -6.13. The van der Waals surface area contributed by atoms with Gasteiger partial charge < -0.3 is 9.84 Å². The predicted molar refractivity (Wildman–Crippen MR) is 76.3 cm³/mol. The zero-order valence-corrected chi connectivity index (χ0v) is 13.8. The number of alkyl halides is 4. The number of carbonyl (C=O) groups is 1. The highest BCUT2D eigenvalue weighted by Gasteiger charge is 2.65. The lowest BCUT2D eigenvalue weighted by atomic mass is 9.79.